The number of pyridine rings is 1. The first kappa shape index (κ1) is 17.4. The molecule has 0 unspecified atom stereocenters. The standard InChI is InChI=1S/C19H20N4O4/c1-11-9-16(27-21-11)19(24)23-7-8-25-17(10-23)14-5-4-6-15(20-14)18-12(2)22-26-13(18)3/h4-6,9,17H,7-8,10H2,1-3H3/t17-/m1/s1. The van der Waals surface area contributed by atoms with E-state index in [0.717, 1.165) is 28.4 Å². The van der Waals surface area contributed by atoms with Crippen LogP contribution in [0.1, 0.15) is 39.5 Å². The van der Waals surface area contributed by atoms with Crippen LogP contribution in [0.15, 0.2) is 33.3 Å². The number of rotatable bonds is 3. The molecule has 0 bridgehead atoms. The second kappa shape index (κ2) is 6.96. The van der Waals surface area contributed by atoms with Gasteiger partial charge in [0, 0.05) is 12.6 Å². The molecule has 0 spiro atoms. The second-order valence-corrected chi connectivity index (χ2v) is 6.59. The number of aromatic nitrogens is 3. The van der Waals surface area contributed by atoms with Gasteiger partial charge in [-0.25, -0.2) is 4.98 Å². The number of hydrogen-bond acceptors (Lipinski definition) is 7. The molecule has 0 radical (unpaired) electrons. The van der Waals surface area contributed by atoms with Crippen LogP contribution in [-0.2, 0) is 4.74 Å². The van der Waals surface area contributed by atoms with Crippen molar-refractivity contribution in [3.8, 4) is 11.3 Å². The molecule has 8 heteroatoms. The summed E-state index contributed by atoms with van der Waals surface area (Å²) in [4.78, 5) is 19.1. The van der Waals surface area contributed by atoms with Crippen molar-refractivity contribution in [2.24, 2.45) is 0 Å². The molecule has 0 saturated carbocycles. The first-order valence-electron chi connectivity index (χ1n) is 8.77. The zero-order valence-electron chi connectivity index (χ0n) is 15.4. The Hall–Kier alpha value is -3.00. The molecule has 1 aliphatic rings. The van der Waals surface area contributed by atoms with E-state index in [2.05, 4.69) is 10.3 Å². The highest BCUT2D eigenvalue weighted by Gasteiger charge is 2.29. The fourth-order valence-electron chi connectivity index (χ4n) is 3.25. The summed E-state index contributed by atoms with van der Waals surface area (Å²) in [5, 5.41) is 7.78. The van der Waals surface area contributed by atoms with Gasteiger partial charge < -0.3 is 18.7 Å². The fourth-order valence-corrected chi connectivity index (χ4v) is 3.25. The van der Waals surface area contributed by atoms with Crippen molar-refractivity contribution < 1.29 is 18.6 Å². The third-order valence-electron chi connectivity index (χ3n) is 4.58. The maximum atomic E-state index is 12.6. The SMILES string of the molecule is Cc1cc(C(=O)N2CCO[C@@H](c3cccc(-c4c(C)noc4C)n3)C2)on1. The van der Waals surface area contributed by atoms with Crippen molar-refractivity contribution in [3.63, 3.8) is 0 Å². The molecule has 3 aromatic heterocycles. The van der Waals surface area contributed by atoms with E-state index in [1.165, 1.54) is 0 Å². The summed E-state index contributed by atoms with van der Waals surface area (Å²) < 4.78 is 16.2. The Morgan fingerprint density at radius 3 is 2.74 bits per heavy atom. The highest BCUT2D eigenvalue weighted by molar-refractivity contribution is 5.91. The van der Waals surface area contributed by atoms with Crippen molar-refractivity contribution in [2.75, 3.05) is 19.7 Å². The summed E-state index contributed by atoms with van der Waals surface area (Å²) in [6, 6.07) is 7.38. The van der Waals surface area contributed by atoms with Crippen molar-refractivity contribution in [1.82, 2.24) is 20.2 Å². The predicted molar refractivity (Wildman–Crippen MR) is 95.0 cm³/mol. The number of hydrogen-bond donors (Lipinski definition) is 0. The lowest BCUT2D eigenvalue weighted by molar-refractivity contribution is -0.0258. The number of carbonyl (C=O) groups excluding carboxylic acids is 1. The first-order valence-corrected chi connectivity index (χ1v) is 8.77. The van der Waals surface area contributed by atoms with Crippen LogP contribution in [0.25, 0.3) is 11.3 Å². The summed E-state index contributed by atoms with van der Waals surface area (Å²) >= 11 is 0. The van der Waals surface area contributed by atoms with Gasteiger partial charge in [-0.3, -0.25) is 4.79 Å². The Morgan fingerprint density at radius 2 is 2.04 bits per heavy atom. The smallest absolute Gasteiger partial charge is 0.292 e. The first-order chi connectivity index (χ1) is 13.0. The van der Waals surface area contributed by atoms with Crippen LogP contribution in [0.3, 0.4) is 0 Å². The lowest BCUT2D eigenvalue weighted by atomic mass is 10.1. The number of aryl methyl sites for hydroxylation is 3. The fraction of sp³-hybridized carbons (Fsp3) is 0.368. The zero-order chi connectivity index (χ0) is 19.0. The molecular formula is C19H20N4O4. The van der Waals surface area contributed by atoms with Gasteiger partial charge in [-0.2, -0.15) is 0 Å². The molecule has 8 nitrogen and oxygen atoms in total. The van der Waals surface area contributed by atoms with E-state index >= 15 is 0 Å². The van der Waals surface area contributed by atoms with Crippen LogP contribution in [0.5, 0.6) is 0 Å². The third kappa shape index (κ3) is 3.35. The van der Waals surface area contributed by atoms with E-state index in [-0.39, 0.29) is 17.8 Å². The van der Waals surface area contributed by atoms with Crippen LogP contribution >= 0.6 is 0 Å². The Kier molecular flexibility index (Phi) is 4.49. The quantitative estimate of drug-likeness (QED) is 0.701. The van der Waals surface area contributed by atoms with Gasteiger partial charge in [-0.15, -0.1) is 0 Å². The molecule has 27 heavy (non-hydrogen) atoms. The normalized spacial score (nSPS) is 17.3. The average molecular weight is 368 g/mol. The van der Waals surface area contributed by atoms with Crippen LogP contribution in [0.4, 0.5) is 0 Å². The second-order valence-electron chi connectivity index (χ2n) is 6.59. The monoisotopic (exact) mass is 368 g/mol. The Balaban J connectivity index is 1.57. The molecule has 0 aromatic carbocycles. The van der Waals surface area contributed by atoms with E-state index in [9.17, 15) is 4.79 Å². The topological polar surface area (TPSA) is 94.5 Å². The molecule has 0 aliphatic carbocycles. The van der Waals surface area contributed by atoms with Gasteiger partial charge in [0.1, 0.15) is 11.9 Å². The minimum Gasteiger partial charge on any atom is -0.368 e. The van der Waals surface area contributed by atoms with E-state index in [1.54, 1.807) is 17.9 Å². The lowest BCUT2D eigenvalue weighted by Gasteiger charge is -2.32. The lowest BCUT2D eigenvalue weighted by Crippen LogP contribution is -2.42. The summed E-state index contributed by atoms with van der Waals surface area (Å²) in [7, 11) is 0. The number of amides is 1. The molecule has 1 amide bonds. The predicted octanol–water partition coefficient (Wildman–Crippen LogP) is 2.86. The van der Waals surface area contributed by atoms with Gasteiger partial charge in [0.15, 0.2) is 0 Å². The molecule has 4 rings (SSSR count). The molecule has 0 N–H and O–H groups in total. The minimum absolute atomic E-state index is 0.189. The van der Waals surface area contributed by atoms with Crippen LogP contribution < -0.4 is 0 Å². The molecule has 4 heterocycles. The number of ether oxygens (including phenoxy) is 1. The Morgan fingerprint density at radius 1 is 1.19 bits per heavy atom. The van der Waals surface area contributed by atoms with Crippen molar-refractivity contribution >= 4 is 5.91 Å². The highest BCUT2D eigenvalue weighted by Crippen LogP contribution is 2.28. The molecule has 140 valence electrons. The van der Waals surface area contributed by atoms with E-state index < -0.39 is 0 Å². The number of morpholine rings is 1. The van der Waals surface area contributed by atoms with E-state index in [0.29, 0.717) is 25.4 Å². The number of carbonyl (C=O) groups is 1. The Labute approximate surface area is 156 Å². The summed E-state index contributed by atoms with van der Waals surface area (Å²) in [6.45, 7) is 6.86. The molecule has 1 atom stereocenters. The minimum atomic E-state index is -0.313. The van der Waals surface area contributed by atoms with Crippen molar-refractivity contribution in [2.45, 2.75) is 26.9 Å². The van der Waals surface area contributed by atoms with E-state index in [4.69, 9.17) is 18.8 Å². The van der Waals surface area contributed by atoms with Crippen LogP contribution in [-0.4, -0.2) is 45.8 Å². The van der Waals surface area contributed by atoms with Gasteiger partial charge in [-0.05, 0) is 32.9 Å². The summed E-state index contributed by atoms with van der Waals surface area (Å²) in [5.41, 5.74) is 3.90. The molecule has 3 aromatic rings. The number of nitrogens with zero attached hydrogens (tertiary/aromatic N) is 4. The van der Waals surface area contributed by atoms with Crippen molar-refractivity contribution in [1.29, 1.82) is 0 Å². The third-order valence-corrected chi connectivity index (χ3v) is 4.58. The average Bonchev–Trinajstić information content (AvgIpc) is 3.26. The van der Waals surface area contributed by atoms with Crippen LogP contribution in [0.2, 0.25) is 0 Å². The molecule has 1 aliphatic heterocycles. The molecule has 1 fully saturated rings. The van der Waals surface area contributed by atoms with Crippen molar-refractivity contribution in [3.05, 3.63) is 52.9 Å². The summed E-state index contributed by atoms with van der Waals surface area (Å²) in [6.07, 6.45) is -0.313. The summed E-state index contributed by atoms with van der Waals surface area (Å²) in [5.74, 6) is 0.774. The maximum absolute atomic E-state index is 12.6. The maximum Gasteiger partial charge on any atom is 0.292 e. The van der Waals surface area contributed by atoms with Gasteiger partial charge in [0.05, 0.1) is 41.5 Å². The van der Waals surface area contributed by atoms with Gasteiger partial charge in [0.2, 0.25) is 5.76 Å². The van der Waals surface area contributed by atoms with E-state index in [1.807, 2.05) is 32.0 Å². The molecule has 1 saturated heterocycles. The van der Waals surface area contributed by atoms with Gasteiger partial charge in [0.25, 0.3) is 5.91 Å². The highest BCUT2D eigenvalue weighted by atomic mass is 16.5. The Bertz CT molecular complexity index is 958. The molecular weight excluding hydrogens is 348 g/mol. The zero-order valence-corrected chi connectivity index (χ0v) is 15.4. The van der Waals surface area contributed by atoms with Gasteiger partial charge in [-0.1, -0.05) is 16.4 Å². The largest absolute Gasteiger partial charge is 0.368 e. The van der Waals surface area contributed by atoms with Gasteiger partial charge >= 0.3 is 0 Å². The van der Waals surface area contributed by atoms with Crippen LogP contribution in [0, 0.1) is 20.8 Å².